The standard InChI is InChI=1S/C8H9F4NO3/c9-5(6(14)15)3-1-4(2-3)13-7(16)8(10,11)12/h3-5H,1-2H2,(H,13,16)(H,14,15). The van der Waals surface area contributed by atoms with Gasteiger partial charge in [-0.15, -0.1) is 0 Å². The molecule has 1 aliphatic rings. The third-order valence-electron chi connectivity index (χ3n) is 2.42. The monoisotopic (exact) mass is 243 g/mol. The lowest BCUT2D eigenvalue weighted by molar-refractivity contribution is -0.175. The number of carboxylic acid groups (broad SMARTS) is 1. The minimum Gasteiger partial charge on any atom is -0.479 e. The zero-order valence-electron chi connectivity index (χ0n) is 7.92. The van der Waals surface area contributed by atoms with E-state index in [0.29, 0.717) is 0 Å². The summed E-state index contributed by atoms with van der Waals surface area (Å²) in [5, 5.41) is 9.93. The Morgan fingerprint density at radius 1 is 1.31 bits per heavy atom. The number of nitrogens with one attached hydrogen (secondary N) is 1. The highest BCUT2D eigenvalue weighted by Crippen LogP contribution is 2.32. The van der Waals surface area contributed by atoms with Gasteiger partial charge in [-0.05, 0) is 12.8 Å². The maximum absolute atomic E-state index is 12.8. The van der Waals surface area contributed by atoms with Crippen LogP contribution in [0.4, 0.5) is 17.6 Å². The fraction of sp³-hybridized carbons (Fsp3) is 0.750. The van der Waals surface area contributed by atoms with Gasteiger partial charge in [-0.25, -0.2) is 9.18 Å². The van der Waals surface area contributed by atoms with Crippen molar-refractivity contribution in [3.05, 3.63) is 0 Å². The van der Waals surface area contributed by atoms with Crippen molar-refractivity contribution in [2.75, 3.05) is 0 Å². The maximum Gasteiger partial charge on any atom is 0.471 e. The van der Waals surface area contributed by atoms with Crippen molar-refractivity contribution in [2.24, 2.45) is 5.92 Å². The van der Waals surface area contributed by atoms with Crippen molar-refractivity contribution in [3.8, 4) is 0 Å². The van der Waals surface area contributed by atoms with Crippen molar-refractivity contribution in [3.63, 3.8) is 0 Å². The van der Waals surface area contributed by atoms with E-state index in [0.717, 1.165) is 0 Å². The van der Waals surface area contributed by atoms with Crippen molar-refractivity contribution < 1.29 is 32.3 Å². The van der Waals surface area contributed by atoms with Gasteiger partial charge in [-0.2, -0.15) is 13.2 Å². The highest BCUT2D eigenvalue weighted by atomic mass is 19.4. The lowest BCUT2D eigenvalue weighted by atomic mass is 9.77. The van der Waals surface area contributed by atoms with E-state index in [1.807, 2.05) is 0 Å². The first-order chi connectivity index (χ1) is 7.21. The van der Waals surface area contributed by atoms with Crippen LogP contribution < -0.4 is 5.32 Å². The number of carbonyl (C=O) groups excluding carboxylic acids is 1. The minimum absolute atomic E-state index is 0.0880. The summed E-state index contributed by atoms with van der Waals surface area (Å²) >= 11 is 0. The van der Waals surface area contributed by atoms with E-state index in [2.05, 4.69) is 0 Å². The second-order valence-corrected chi connectivity index (χ2v) is 3.64. The van der Waals surface area contributed by atoms with Gasteiger partial charge in [-0.3, -0.25) is 4.79 Å². The van der Waals surface area contributed by atoms with Gasteiger partial charge in [0.2, 0.25) is 0 Å². The molecule has 8 heteroatoms. The summed E-state index contributed by atoms with van der Waals surface area (Å²) in [5.41, 5.74) is 0. The zero-order valence-corrected chi connectivity index (χ0v) is 7.92. The number of hydrogen-bond donors (Lipinski definition) is 2. The molecule has 4 nitrogen and oxygen atoms in total. The summed E-state index contributed by atoms with van der Waals surface area (Å²) in [5.74, 6) is -4.54. The molecule has 0 aliphatic heterocycles. The molecule has 16 heavy (non-hydrogen) atoms. The van der Waals surface area contributed by atoms with E-state index in [4.69, 9.17) is 5.11 Å². The van der Waals surface area contributed by atoms with Gasteiger partial charge in [-0.1, -0.05) is 0 Å². The van der Waals surface area contributed by atoms with E-state index < -0.39 is 36.2 Å². The first-order valence-electron chi connectivity index (χ1n) is 4.46. The molecule has 1 saturated carbocycles. The van der Waals surface area contributed by atoms with Gasteiger partial charge >= 0.3 is 18.1 Å². The van der Waals surface area contributed by atoms with Crippen molar-refractivity contribution in [1.82, 2.24) is 5.32 Å². The summed E-state index contributed by atoms with van der Waals surface area (Å²) < 4.78 is 48.1. The molecular weight excluding hydrogens is 234 g/mol. The van der Waals surface area contributed by atoms with Crippen molar-refractivity contribution in [1.29, 1.82) is 0 Å². The Kier molecular flexibility index (Phi) is 3.39. The number of carbonyl (C=O) groups is 2. The molecule has 1 aliphatic carbocycles. The molecular formula is C8H9F4NO3. The first-order valence-corrected chi connectivity index (χ1v) is 4.46. The number of carboxylic acids is 1. The lowest BCUT2D eigenvalue weighted by Crippen LogP contribution is -2.51. The normalized spacial score (nSPS) is 26.8. The van der Waals surface area contributed by atoms with E-state index >= 15 is 0 Å². The molecule has 92 valence electrons. The maximum atomic E-state index is 12.8. The highest BCUT2D eigenvalue weighted by molar-refractivity contribution is 5.82. The average Bonchev–Trinajstić information content (AvgIpc) is 2.07. The van der Waals surface area contributed by atoms with Crippen LogP contribution in [0.2, 0.25) is 0 Å². The summed E-state index contributed by atoms with van der Waals surface area (Å²) in [6.45, 7) is 0. The van der Waals surface area contributed by atoms with Crippen molar-refractivity contribution in [2.45, 2.75) is 31.2 Å². The fourth-order valence-electron chi connectivity index (χ4n) is 1.49. The van der Waals surface area contributed by atoms with Gasteiger partial charge in [0, 0.05) is 12.0 Å². The molecule has 0 bridgehead atoms. The molecule has 2 N–H and O–H groups in total. The Morgan fingerprint density at radius 2 is 1.81 bits per heavy atom. The Morgan fingerprint density at radius 3 is 2.19 bits per heavy atom. The van der Waals surface area contributed by atoms with Crippen LogP contribution in [0, 0.1) is 5.92 Å². The SMILES string of the molecule is O=C(O)C(F)C1CC(NC(=O)C(F)(F)F)C1. The number of amides is 1. The average molecular weight is 243 g/mol. The van der Waals surface area contributed by atoms with E-state index in [1.165, 1.54) is 0 Å². The minimum atomic E-state index is -4.97. The smallest absolute Gasteiger partial charge is 0.471 e. The number of alkyl halides is 4. The van der Waals surface area contributed by atoms with Crippen LogP contribution >= 0.6 is 0 Å². The summed E-state index contributed by atoms with van der Waals surface area (Å²) in [6, 6.07) is -0.795. The van der Waals surface area contributed by atoms with E-state index in [9.17, 15) is 27.2 Å². The predicted molar refractivity (Wildman–Crippen MR) is 43.2 cm³/mol. The Bertz CT molecular complexity index is 298. The lowest BCUT2D eigenvalue weighted by Gasteiger charge is -2.36. The Hall–Kier alpha value is -1.34. The topological polar surface area (TPSA) is 66.4 Å². The quantitative estimate of drug-likeness (QED) is 0.722. The van der Waals surface area contributed by atoms with Gasteiger partial charge in [0.1, 0.15) is 0 Å². The second-order valence-electron chi connectivity index (χ2n) is 3.64. The third kappa shape index (κ3) is 2.83. The van der Waals surface area contributed by atoms with E-state index in [1.54, 1.807) is 5.32 Å². The Balaban J connectivity index is 2.32. The van der Waals surface area contributed by atoms with Crippen LogP contribution in [0.25, 0.3) is 0 Å². The van der Waals surface area contributed by atoms with Crippen LogP contribution in [0.1, 0.15) is 12.8 Å². The molecule has 0 saturated heterocycles. The largest absolute Gasteiger partial charge is 0.479 e. The molecule has 1 rings (SSSR count). The van der Waals surface area contributed by atoms with Crippen LogP contribution in [0.5, 0.6) is 0 Å². The second kappa shape index (κ2) is 4.26. The molecule has 1 fully saturated rings. The molecule has 0 radical (unpaired) electrons. The van der Waals surface area contributed by atoms with Gasteiger partial charge in [0.25, 0.3) is 0 Å². The first kappa shape index (κ1) is 12.7. The molecule has 0 aromatic heterocycles. The van der Waals surface area contributed by atoms with Gasteiger partial charge in [0.15, 0.2) is 6.17 Å². The molecule has 1 amide bonds. The van der Waals surface area contributed by atoms with Gasteiger partial charge < -0.3 is 10.4 Å². The number of hydrogen-bond acceptors (Lipinski definition) is 2. The van der Waals surface area contributed by atoms with Crippen LogP contribution in [-0.4, -0.2) is 35.4 Å². The van der Waals surface area contributed by atoms with E-state index in [-0.39, 0.29) is 12.8 Å². The van der Waals surface area contributed by atoms with Crippen molar-refractivity contribution >= 4 is 11.9 Å². The van der Waals surface area contributed by atoms with Crippen LogP contribution in [0.3, 0.4) is 0 Å². The van der Waals surface area contributed by atoms with Crippen LogP contribution in [0.15, 0.2) is 0 Å². The molecule has 0 aromatic carbocycles. The summed E-state index contributed by atoms with van der Waals surface area (Å²) in [4.78, 5) is 20.6. The fourth-order valence-corrected chi connectivity index (χ4v) is 1.49. The predicted octanol–water partition coefficient (Wildman–Crippen LogP) is 0.866. The molecule has 0 spiro atoms. The number of rotatable bonds is 3. The molecule has 1 atom stereocenters. The molecule has 1 unspecified atom stereocenters. The zero-order chi connectivity index (χ0) is 12.5. The third-order valence-corrected chi connectivity index (χ3v) is 2.42. The van der Waals surface area contributed by atoms with Crippen LogP contribution in [-0.2, 0) is 9.59 Å². The Labute approximate surface area is 87.6 Å². The molecule has 0 heterocycles. The summed E-state index contributed by atoms with van der Waals surface area (Å²) in [7, 11) is 0. The number of halogens is 4. The highest BCUT2D eigenvalue weighted by Gasteiger charge is 2.44. The van der Waals surface area contributed by atoms with Gasteiger partial charge in [0.05, 0.1) is 0 Å². The summed E-state index contributed by atoms with van der Waals surface area (Å²) in [6.07, 6.45) is -7.23. The molecule has 0 aromatic rings. The number of aliphatic carboxylic acids is 1.